The fourth-order valence-electron chi connectivity index (χ4n) is 2.49. The first-order valence-corrected chi connectivity index (χ1v) is 8.95. The summed E-state index contributed by atoms with van der Waals surface area (Å²) in [5.41, 5.74) is 1.04. The minimum atomic E-state index is -0.154. The van der Waals surface area contributed by atoms with E-state index in [0.29, 0.717) is 12.4 Å². The fourth-order valence-corrected chi connectivity index (χ4v) is 2.49. The molecule has 2 aromatic rings. The van der Waals surface area contributed by atoms with E-state index in [1.165, 1.54) is 0 Å². The zero-order chi connectivity index (χ0) is 18.8. The van der Waals surface area contributed by atoms with Crippen LogP contribution in [0.5, 0.6) is 17.2 Å². The van der Waals surface area contributed by atoms with Gasteiger partial charge in [-0.05, 0) is 54.8 Å². The molecule has 140 valence electrons. The summed E-state index contributed by atoms with van der Waals surface area (Å²) < 4.78 is 16.2. The molecule has 0 fully saturated rings. The van der Waals surface area contributed by atoms with Gasteiger partial charge in [-0.25, -0.2) is 0 Å². The van der Waals surface area contributed by atoms with Crippen LogP contribution in [0.3, 0.4) is 0 Å². The Morgan fingerprint density at radius 3 is 2.04 bits per heavy atom. The number of carbonyl (C=O) groups excluding carboxylic acids is 1. The van der Waals surface area contributed by atoms with Gasteiger partial charge in [-0.15, -0.1) is 0 Å². The number of ether oxygens (including phenoxy) is 3. The van der Waals surface area contributed by atoms with Crippen molar-refractivity contribution in [1.29, 1.82) is 0 Å². The summed E-state index contributed by atoms with van der Waals surface area (Å²) in [6.45, 7) is 4.75. The van der Waals surface area contributed by atoms with Crippen molar-refractivity contribution in [1.82, 2.24) is 5.32 Å². The van der Waals surface area contributed by atoms with Crippen molar-refractivity contribution in [3.8, 4) is 17.2 Å². The average molecular weight is 357 g/mol. The van der Waals surface area contributed by atoms with Crippen LogP contribution < -0.4 is 19.5 Å². The van der Waals surface area contributed by atoms with Gasteiger partial charge in [0, 0.05) is 0 Å². The highest BCUT2D eigenvalue weighted by Gasteiger charge is 2.13. The molecule has 0 aliphatic heterocycles. The van der Waals surface area contributed by atoms with Crippen LogP contribution >= 0.6 is 0 Å². The second-order valence-electron chi connectivity index (χ2n) is 5.91. The molecule has 5 nitrogen and oxygen atoms in total. The molecular weight excluding hydrogens is 330 g/mol. The zero-order valence-electron chi connectivity index (χ0n) is 15.7. The van der Waals surface area contributed by atoms with Crippen LogP contribution in [-0.4, -0.2) is 26.2 Å². The predicted molar refractivity (Wildman–Crippen MR) is 102 cm³/mol. The number of methoxy groups -OCH3 is 1. The molecule has 0 aromatic heterocycles. The summed E-state index contributed by atoms with van der Waals surface area (Å²) in [7, 11) is 1.63. The molecule has 2 rings (SSSR count). The lowest BCUT2D eigenvalue weighted by atomic mass is 10.0. The van der Waals surface area contributed by atoms with Gasteiger partial charge in [-0.1, -0.05) is 26.0 Å². The molecule has 5 heteroatoms. The molecular formula is C21H27NO4. The van der Waals surface area contributed by atoms with E-state index in [0.717, 1.165) is 29.9 Å². The second kappa shape index (κ2) is 10.3. The lowest BCUT2D eigenvalue weighted by Crippen LogP contribution is -2.32. The van der Waals surface area contributed by atoms with Gasteiger partial charge in [0.2, 0.25) is 0 Å². The zero-order valence-corrected chi connectivity index (χ0v) is 15.7. The summed E-state index contributed by atoms with van der Waals surface area (Å²) in [6, 6.07) is 14.9. The van der Waals surface area contributed by atoms with Gasteiger partial charge < -0.3 is 19.5 Å². The Bertz CT molecular complexity index is 667. The lowest BCUT2D eigenvalue weighted by molar-refractivity contribution is -0.123. The maximum absolute atomic E-state index is 12.2. The highest BCUT2D eigenvalue weighted by Crippen LogP contribution is 2.20. The maximum atomic E-state index is 12.2. The molecule has 1 N–H and O–H groups in total. The molecule has 0 saturated carbocycles. The van der Waals surface area contributed by atoms with Crippen molar-refractivity contribution in [2.75, 3.05) is 20.3 Å². The van der Waals surface area contributed by atoms with E-state index in [1.807, 2.05) is 43.3 Å². The number of amides is 1. The molecule has 1 unspecified atom stereocenters. The topological polar surface area (TPSA) is 56.8 Å². The monoisotopic (exact) mass is 357 g/mol. The number of nitrogens with one attached hydrogen (secondary N) is 1. The fraction of sp³-hybridized carbons (Fsp3) is 0.381. The average Bonchev–Trinajstić information content (AvgIpc) is 2.69. The molecule has 0 radical (unpaired) electrons. The van der Waals surface area contributed by atoms with E-state index in [9.17, 15) is 4.79 Å². The summed E-state index contributed by atoms with van der Waals surface area (Å²) in [5.74, 6) is 2.08. The number of hydrogen-bond donors (Lipinski definition) is 1. The van der Waals surface area contributed by atoms with E-state index in [-0.39, 0.29) is 18.6 Å². The van der Waals surface area contributed by atoms with E-state index in [2.05, 4.69) is 12.2 Å². The number of hydrogen-bond acceptors (Lipinski definition) is 4. The van der Waals surface area contributed by atoms with E-state index >= 15 is 0 Å². The smallest absolute Gasteiger partial charge is 0.258 e. The molecule has 1 amide bonds. The van der Waals surface area contributed by atoms with Crippen LogP contribution in [0.25, 0.3) is 0 Å². The van der Waals surface area contributed by atoms with Crippen LogP contribution in [0.2, 0.25) is 0 Å². The van der Waals surface area contributed by atoms with Crippen LogP contribution in [0.15, 0.2) is 48.5 Å². The Kier molecular flexibility index (Phi) is 7.80. The Morgan fingerprint density at radius 2 is 1.50 bits per heavy atom. The number of benzene rings is 2. The van der Waals surface area contributed by atoms with Gasteiger partial charge >= 0.3 is 0 Å². The van der Waals surface area contributed by atoms with Crippen molar-refractivity contribution in [3.63, 3.8) is 0 Å². The molecule has 0 aliphatic carbocycles. The van der Waals surface area contributed by atoms with E-state index in [4.69, 9.17) is 14.2 Å². The van der Waals surface area contributed by atoms with Crippen molar-refractivity contribution in [2.24, 2.45) is 0 Å². The predicted octanol–water partition coefficient (Wildman–Crippen LogP) is 4.13. The molecule has 1 atom stereocenters. The van der Waals surface area contributed by atoms with Gasteiger partial charge in [0.05, 0.1) is 19.8 Å². The standard InChI is InChI=1S/C21H27NO4/c1-4-14-25-18-10-12-19(13-11-18)26-15-21(23)22-20(5-2)16-6-8-17(24-3)9-7-16/h6-13,20H,4-5,14-15H2,1-3H3,(H,22,23). The first-order valence-electron chi connectivity index (χ1n) is 8.95. The highest BCUT2D eigenvalue weighted by atomic mass is 16.5. The van der Waals surface area contributed by atoms with E-state index in [1.54, 1.807) is 19.2 Å². The Labute approximate surface area is 155 Å². The summed E-state index contributed by atoms with van der Waals surface area (Å²) in [5, 5.41) is 3.00. The Balaban J connectivity index is 1.84. The SMILES string of the molecule is CCCOc1ccc(OCC(=O)NC(CC)c2ccc(OC)cc2)cc1. The molecule has 2 aromatic carbocycles. The Hall–Kier alpha value is -2.69. The Morgan fingerprint density at radius 1 is 0.923 bits per heavy atom. The molecule has 0 bridgehead atoms. The normalized spacial score (nSPS) is 11.5. The van der Waals surface area contributed by atoms with Crippen LogP contribution in [0.1, 0.15) is 38.3 Å². The molecule has 0 heterocycles. The van der Waals surface area contributed by atoms with Crippen LogP contribution in [0.4, 0.5) is 0 Å². The van der Waals surface area contributed by atoms with Gasteiger partial charge in [-0.2, -0.15) is 0 Å². The third kappa shape index (κ3) is 5.99. The lowest BCUT2D eigenvalue weighted by Gasteiger charge is -2.18. The van der Waals surface area contributed by atoms with E-state index < -0.39 is 0 Å². The van der Waals surface area contributed by atoms with Crippen molar-refractivity contribution < 1.29 is 19.0 Å². The largest absolute Gasteiger partial charge is 0.497 e. The van der Waals surface area contributed by atoms with Gasteiger partial charge in [0.15, 0.2) is 6.61 Å². The van der Waals surface area contributed by atoms with Crippen molar-refractivity contribution in [2.45, 2.75) is 32.7 Å². The molecule has 0 saturated heterocycles. The van der Waals surface area contributed by atoms with Crippen LogP contribution in [0, 0.1) is 0 Å². The van der Waals surface area contributed by atoms with Crippen molar-refractivity contribution in [3.05, 3.63) is 54.1 Å². The first kappa shape index (κ1) is 19.6. The van der Waals surface area contributed by atoms with Gasteiger partial charge in [0.25, 0.3) is 5.91 Å². The third-order valence-corrected chi connectivity index (χ3v) is 3.93. The summed E-state index contributed by atoms with van der Waals surface area (Å²) in [6.07, 6.45) is 1.76. The third-order valence-electron chi connectivity index (χ3n) is 3.93. The maximum Gasteiger partial charge on any atom is 0.258 e. The molecule has 0 aliphatic rings. The number of carbonyl (C=O) groups is 1. The van der Waals surface area contributed by atoms with Gasteiger partial charge in [0.1, 0.15) is 17.2 Å². The highest BCUT2D eigenvalue weighted by molar-refractivity contribution is 5.78. The summed E-state index contributed by atoms with van der Waals surface area (Å²) >= 11 is 0. The minimum absolute atomic E-state index is 0.0260. The number of rotatable bonds is 10. The molecule has 26 heavy (non-hydrogen) atoms. The minimum Gasteiger partial charge on any atom is -0.497 e. The van der Waals surface area contributed by atoms with Gasteiger partial charge in [-0.3, -0.25) is 4.79 Å². The first-order chi connectivity index (χ1) is 12.7. The quantitative estimate of drug-likeness (QED) is 0.695. The van der Waals surface area contributed by atoms with Crippen LogP contribution in [-0.2, 0) is 4.79 Å². The second-order valence-corrected chi connectivity index (χ2v) is 5.91. The molecule has 0 spiro atoms. The van der Waals surface area contributed by atoms with Crippen molar-refractivity contribution >= 4 is 5.91 Å². The summed E-state index contributed by atoms with van der Waals surface area (Å²) in [4.78, 5) is 12.2.